The molecular weight excluding hydrogens is 384 g/mol. The molecule has 2 fully saturated rings. The second-order valence-electron chi connectivity index (χ2n) is 7.97. The van der Waals surface area contributed by atoms with Crippen LogP contribution in [0.1, 0.15) is 32.1 Å². The molecule has 2 aromatic rings. The number of thiazole rings is 1. The third kappa shape index (κ3) is 4.58. The zero-order valence-corrected chi connectivity index (χ0v) is 17.3. The van der Waals surface area contributed by atoms with E-state index in [2.05, 4.69) is 11.6 Å². The smallest absolute Gasteiger partial charge is 0.306 e. The molecule has 0 N–H and O–H groups in total. The predicted octanol–water partition coefficient (Wildman–Crippen LogP) is 4.70. The van der Waals surface area contributed by atoms with Gasteiger partial charge in [-0.05, 0) is 37.0 Å². The van der Waals surface area contributed by atoms with Crippen molar-refractivity contribution in [3.8, 4) is 11.3 Å². The highest BCUT2D eigenvalue weighted by atomic mass is 32.1. The minimum atomic E-state index is -0.278. The van der Waals surface area contributed by atoms with E-state index in [4.69, 9.17) is 4.74 Å². The molecule has 1 aromatic heterocycles. The van der Waals surface area contributed by atoms with Crippen molar-refractivity contribution in [3.63, 3.8) is 0 Å². The Labute approximate surface area is 175 Å². The maximum Gasteiger partial charge on any atom is 0.306 e. The highest BCUT2D eigenvalue weighted by Gasteiger charge is 2.40. The number of esters is 1. The van der Waals surface area contributed by atoms with E-state index in [0.29, 0.717) is 29.9 Å². The Bertz CT molecular complexity index is 879. The van der Waals surface area contributed by atoms with Crippen LogP contribution in [0.2, 0.25) is 0 Å². The van der Waals surface area contributed by atoms with Gasteiger partial charge in [-0.2, -0.15) is 0 Å². The molecule has 0 spiro atoms. The lowest BCUT2D eigenvalue weighted by Gasteiger charge is -2.21. The number of fused-ring (bicyclic) bond motifs is 2. The number of aromatic nitrogens is 1. The standard InChI is InChI=1S/C23H26N2O3S/c1-2-10-25(23-24-20(15-29-23)17-6-4-3-5-7-17)21(26)14-28-22(27)13-19-12-16-8-9-18(19)11-16/h2-7,15-16,18-19H,1,8-14H2/t16-,18-,19+/m1/s1. The molecule has 1 aromatic carbocycles. The Morgan fingerprint density at radius 2 is 2.07 bits per heavy atom. The molecule has 3 atom stereocenters. The average molecular weight is 411 g/mol. The molecule has 1 amide bonds. The topological polar surface area (TPSA) is 59.5 Å². The number of nitrogens with zero attached hydrogens (tertiary/aromatic N) is 2. The molecule has 5 nitrogen and oxygen atoms in total. The summed E-state index contributed by atoms with van der Waals surface area (Å²) in [6.45, 7) is 3.80. The summed E-state index contributed by atoms with van der Waals surface area (Å²) >= 11 is 1.40. The Balaban J connectivity index is 1.34. The van der Waals surface area contributed by atoms with Crippen molar-refractivity contribution < 1.29 is 14.3 Å². The normalized spacial score (nSPS) is 22.4. The van der Waals surface area contributed by atoms with Crippen LogP contribution < -0.4 is 4.90 Å². The van der Waals surface area contributed by atoms with Gasteiger partial charge in [0.25, 0.3) is 5.91 Å². The molecule has 0 unspecified atom stereocenters. The molecule has 1 heterocycles. The fraction of sp³-hybridized carbons (Fsp3) is 0.435. The van der Waals surface area contributed by atoms with Crippen LogP contribution in [0.25, 0.3) is 11.3 Å². The molecule has 0 radical (unpaired) electrons. The minimum Gasteiger partial charge on any atom is -0.456 e. The molecule has 2 aliphatic rings. The second kappa shape index (κ2) is 8.91. The molecule has 0 aliphatic heterocycles. The molecule has 0 saturated heterocycles. The summed E-state index contributed by atoms with van der Waals surface area (Å²) in [6, 6.07) is 9.83. The van der Waals surface area contributed by atoms with Crippen LogP contribution >= 0.6 is 11.3 Å². The lowest BCUT2D eigenvalue weighted by Crippen LogP contribution is -2.35. The number of hydrogen-bond acceptors (Lipinski definition) is 5. The highest BCUT2D eigenvalue weighted by Crippen LogP contribution is 2.49. The maximum atomic E-state index is 12.7. The lowest BCUT2D eigenvalue weighted by atomic mass is 9.86. The van der Waals surface area contributed by atoms with Gasteiger partial charge in [-0.3, -0.25) is 14.5 Å². The quantitative estimate of drug-likeness (QED) is 0.468. The van der Waals surface area contributed by atoms with Crippen molar-refractivity contribution in [2.45, 2.75) is 32.1 Å². The average Bonchev–Trinajstić information content (AvgIpc) is 3.48. The summed E-state index contributed by atoms with van der Waals surface area (Å²) in [6.07, 6.45) is 7.03. The molecule has 2 saturated carbocycles. The summed E-state index contributed by atoms with van der Waals surface area (Å²) in [5, 5.41) is 2.51. The number of benzene rings is 1. The zero-order valence-electron chi connectivity index (χ0n) is 16.5. The molecule has 152 valence electrons. The van der Waals surface area contributed by atoms with E-state index < -0.39 is 0 Å². The molecule has 2 aliphatic carbocycles. The molecule has 29 heavy (non-hydrogen) atoms. The van der Waals surface area contributed by atoms with Crippen molar-refractivity contribution in [3.05, 3.63) is 48.4 Å². The van der Waals surface area contributed by atoms with Crippen LogP contribution in [-0.4, -0.2) is 30.0 Å². The Morgan fingerprint density at radius 3 is 2.76 bits per heavy atom. The number of carbonyl (C=O) groups excluding carboxylic acids is 2. The van der Waals surface area contributed by atoms with Crippen LogP contribution in [0.15, 0.2) is 48.4 Å². The van der Waals surface area contributed by atoms with Crippen molar-refractivity contribution >= 4 is 28.3 Å². The first kappa shape index (κ1) is 19.8. The van der Waals surface area contributed by atoms with Crippen LogP contribution in [0.3, 0.4) is 0 Å². The van der Waals surface area contributed by atoms with Gasteiger partial charge in [0.15, 0.2) is 11.7 Å². The van der Waals surface area contributed by atoms with E-state index >= 15 is 0 Å². The van der Waals surface area contributed by atoms with Gasteiger partial charge in [-0.25, -0.2) is 4.98 Å². The van der Waals surface area contributed by atoms with Gasteiger partial charge in [-0.15, -0.1) is 17.9 Å². The summed E-state index contributed by atoms with van der Waals surface area (Å²) in [7, 11) is 0. The predicted molar refractivity (Wildman–Crippen MR) is 115 cm³/mol. The lowest BCUT2D eigenvalue weighted by molar-refractivity contribution is -0.149. The number of hydrogen-bond donors (Lipinski definition) is 0. The molecule has 2 bridgehead atoms. The SMILES string of the molecule is C=CCN(C(=O)COC(=O)C[C@@H]1C[C@@H]2CC[C@@H]1C2)c1nc(-c2ccccc2)cs1. The third-order valence-corrected chi connectivity index (χ3v) is 6.94. The monoisotopic (exact) mass is 410 g/mol. The minimum absolute atomic E-state index is 0.256. The number of carbonyl (C=O) groups is 2. The summed E-state index contributed by atoms with van der Waals surface area (Å²) in [5.74, 6) is 1.37. The summed E-state index contributed by atoms with van der Waals surface area (Å²) in [5.41, 5.74) is 1.82. The van der Waals surface area contributed by atoms with Crippen LogP contribution in [0.5, 0.6) is 0 Å². The van der Waals surface area contributed by atoms with E-state index in [1.165, 1.54) is 35.5 Å². The third-order valence-electron chi connectivity index (χ3n) is 6.08. The van der Waals surface area contributed by atoms with Gasteiger partial charge in [0.2, 0.25) is 0 Å². The fourth-order valence-corrected chi connectivity index (χ4v) is 5.53. The van der Waals surface area contributed by atoms with E-state index in [1.54, 1.807) is 6.08 Å². The molecule has 4 rings (SSSR count). The van der Waals surface area contributed by atoms with Gasteiger partial charge >= 0.3 is 5.97 Å². The van der Waals surface area contributed by atoms with Crippen molar-refractivity contribution in [1.82, 2.24) is 4.98 Å². The van der Waals surface area contributed by atoms with Crippen molar-refractivity contribution in [2.75, 3.05) is 18.1 Å². The summed E-state index contributed by atoms with van der Waals surface area (Å²) in [4.78, 5) is 31.1. The van der Waals surface area contributed by atoms with Crippen molar-refractivity contribution in [1.29, 1.82) is 0 Å². The second-order valence-corrected chi connectivity index (χ2v) is 8.81. The fourth-order valence-electron chi connectivity index (χ4n) is 4.67. The van der Waals surface area contributed by atoms with Gasteiger partial charge in [0.05, 0.1) is 5.69 Å². The maximum absolute atomic E-state index is 12.7. The zero-order chi connectivity index (χ0) is 20.2. The molecule has 6 heteroatoms. The van der Waals surface area contributed by atoms with Crippen LogP contribution in [0, 0.1) is 17.8 Å². The first-order valence-corrected chi connectivity index (χ1v) is 11.1. The number of anilines is 1. The number of amides is 1. The van der Waals surface area contributed by atoms with Gasteiger partial charge in [0, 0.05) is 23.9 Å². The number of rotatable bonds is 8. The summed E-state index contributed by atoms with van der Waals surface area (Å²) < 4.78 is 5.33. The van der Waals surface area contributed by atoms with Crippen LogP contribution in [-0.2, 0) is 14.3 Å². The van der Waals surface area contributed by atoms with E-state index in [1.807, 2.05) is 35.7 Å². The largest absolute Gasteiger partial charge is 0.456 e. The first-order valence-electron chi connectivity index (χ1n) is 10.2. The van der Waals surface area contributed by atoms with Crippen LogP contribution in [0.4, 0.5) is 5.13 Å². The Hall–Kier alpha value is -2.47. The number of ether oxygens (including phenoxy) is 1. The van der Waals surface area contributed by atoms with Gasteiger partial charge in [-0.1, -0.05) is 42.8 Å². The van der Waals surface area contributed by atoms with E-state index in [0.717, 1.165) is 23.6 Å². The Morgan fingerprint density at radius 1 is 1.24 bits per heavy atom. The van der Waals surface area contributed by atoms with Gasteiger partial charge in [0.1, 0.15) is 0 Å². The molecular formula is C23H26N2O3S. The van der Waals surface area contributed by atoms with Gasteiger partial charge < -0.3 is 4.74 Å². The Kier molecular flexibility index (Phi) is 6.09. The van der Waals surface area contributed by atoms with E-state index in [-0.39, 0.29) is 18.5 Å². The highest BCUT2D eigenvalue weighted by molar-refractivity contribution is 7.14. The first-order chi connectivity index (χ1) is 14.1. The van der Waals surface area contributed by atoms with Crippen molar-refractivity contribution in [2.24, 2.45) is 17.8 Å². The van der Waals surface area contributed by atoms with E-state index in [9.17, 15) is 9.59 Å².